The van der Waals surface area contributed by atoms with E-state index in [1.54, 1.807) is 13.8 Å². The molecule has 0 aliphatic carbocycles. The summed E-state index contributed by atoms with van der Waals surface area (Å²) in [6.07, 6.45) is 11.7. The summed E-state index contributed by atoms with van der Waals surface area (Å²) < 4.78 is 22.1. The van der Waals surface area contributed by atoms with Gasteiger partial charge in [-0.25, -0.2) is 4.79 Å². The lowest BCUT2D eigenvalue weighted by Crippen LogP contribution is -2.64. The first kappa shape index (κ1) is 25.2. The number of cyclic esters (lactones) is 1. The second-order valence-corrected chi connectivity index (χ2v) is 7.36. The summed E-state index contributed by atoms with van der Waals surface area (Å²) in [7, 11) is 2.98. The lowest BCUT2D eigenvalue weighted by Gasteiger charge is -2.47. The van der Waals surface area contributed by atoms with Crippen molar-refractivity contribution >= 4 is 5.97 Å². The van der Waals surface area contributed by atoms with Gasteiger partial charge >= 0.3 is 5.97 Å². The van der Waals surface area contributed by atoms with E-state index in [1.165, 1.54) is 20.6 Å². The van der Waals surface area contributed by atoms with Gasteiger partial charge in [0, 0.05) is 34.0 Å². The van der Waals surface area contributed by atoms with Gasteiger partial charge in [-0.3, -0.25) is 0 Å². The van der Waals surface area contributed by atoms with Gasteiger partial charge in [0.2, 0.25) is 5.79 Å². The van der Waals surface area contributed by atoms with E-state index in [4.69, 9.17) is 18.9 Å². The highest BCUT2D eigenvalue weighted by Crippen LogP contribution is 2.38. The third kappa shape index (κ3) is 8.23. The number of allylic oxidation sites excluding steroid dienone is 2. The fraction of sp³-hybridized carbons (Fsp3) is 0.708. The standard InChI is InChI=1S/C24H36O5/c1-6-7-8-9-10-11-12-13-14-15-16-17-18-19-20-21-22(25)29-24(3,27-5)23(2,26-4)28-21/h11-12,21H,6-8,15-20H2,1-5H3. The zero-order chi connectivity index (χ0) is 21.6. The van der Waals surface area contributed by atoms with Gasteiger partial charge in [-0.2, -0.15) is 0 Å². The van der Waals surface area contributed by atoms with Crippen LogP contribution in [-0.2, 0) is 23.7 Å². The van der Waals surface area contributed by atoms with Gasteiger partial charge in [0.05, 0.1) is 0 Å². The second-order valence-electron chi connectivity index (χ2n) is 7.36. The lowest BCUT2D eigenvalue weighted by atomic mass is 10.0. The minimum atomic E-state index is -1.26. The first-order valence-corrected chi connectivity index (χ1v) is 10.5. The Morgan fingerprint density at radius 2 is 1.52 bits per heavy atom. The molecule has 0 aromatic rings. The summed E-state index contributed by atoms with van der Waals surface area (Å²) >= 11 is 0. The molecule has 3 unspecified atom stereocenters. The summed E-state index contributed by atoms with van der Waals surface area (Å²) in [5.74, 6) is 9.44. The van der Waals surface area contributed by atoms with E-state index >= 15 is 0 Å². The Balaban J connectivity index is 2.22. The van der Waals surface area contributed by atoms with E-state index in [9.17, 15) is 4.79 Å². The van der Waals surface area contributed by atoms with Crippen molar-refractivity contribution in [3.63, 3.8) is 0 Å². The van der Waals surface area contributed by atoms with Crippen molar-refractivity contribution in [1.29, 1.82) is 0 Å². The summed E-state index contributed by atoms with van der Waals surface area (Å²) in [4.78, 5) is 12.2. The van der Waals surface area contributed by atoms with Gasteiger partial charge in [-0.15, -0.1) is 0 Å². The number of esters is 1. The molecule has 0 saturated carbocycles. The van der Waals surface area contributed by atoms with Gasteiger partial charge in [-0.05, 0) is 38.3 Å². The number of carbonyl (C=O) groups is 1. The number of carbonyl (C=O) groups excluding carboxylic acids is 1. The predicted octanol–water partition coefficient (Wildman–Crippen LogP) is 4.75. The van der Waals surface area contributed by atoms with Crippen LogP contribution < -0.4 is 0 Å². The molecule has 5 heteroatoms. The van der Waals surface area contributed by atoms with Crippen molar-refractivity contribution < 1.29 is 23.7 Å². The molecule has 0 aromatic heterocycles. The zero-order valence-electron chi connectivity index (χ0n) is 18.6. The maximum absolute atomic E-state index is 12.2. The summed E-state index contributed by atoms with van der Waals surface area (Å²) in [5, 5.41) is 0. The van der Waals surface area contributed by atoms with Crippen molar-refractivity contribution in [1.82, 2.24) is 0 Å². The molecule has 3 atom stereocenters. The Hall–Kier alpha value is -1.79. The molecule has 1 aliphatic heterocycles. The molecule has 5 nitrogen and oxygen atoms in total. The van der Waals surface area contributed by atoms with Crippen molar-refractivity contribution in [2.24, 2.45) is 0 Å². The van der Waals surface area contributed by atoms with Gasteiger partial charge in [0.25, 0.3) is 5.79 Å². The van der Waals surface area contributed by atoms with E-state index in [0.717, 1.165) is 44.9 Å². The number of unbranched alkanes of at least 4 members (excludes halogenated alkanes) is 6. The molecule has 1 saturated heterocycles. The molecule has 0 bridgehead atoms. The summed E-state index contributed by atoms with van der Waals surface area (Å²) in [6, 6.07) is 0. The Labute approximate surface area is 176 Å². The third-order valence-corrected chi connectivity index (χ3v) is 5.16. The second kappa shape index (κ2) is 13.4. The van der Waals surface area contributed by atoms with Crippen molar-refractivity contribution in [3.8, 4) is 23.7 Å². The molecule has 1 heterocycles. The molecule has 0 radical (unpaired) electrons. The van der Waals surface area contributed by atoms with Gasteiger partial charge in [0.1, 0.15) is 0 Å². The molecule has 162 valence electrons. The van der Waals surface area contributed by atoms with Crippen LogP contribution in [0.25, 0.3) is 0 Å². The molecule has 1 rings (SSSR count). The van der Waals surface area contributed by atoms with Crippen LogP contribution in [0.1, 0.15) is 78.6 Å². The predicted molar refractivity (Wildman–Crippen MR) is 114 cm³/mol. The summed E-state index contributed by atoms with van der Waals surface area (Å²) in [5.41, 5.74) is 0. The summed E-state index contributed by atoms with van der Waals surface area (Å²) in [6.45, 7) is 5.52. The average Bonchev–Trinajstić information content (AvgIpc) is 2.71. The van der Waals surface area contributed by atoms with Crippen LogP contribution in [0.2, 0.25) is 0 Å². The number of hydrogen-bond acceptors (Lipinski definition) is 5. The van der Waals surface area contributed by atoms with Crippen LogP contribution in [0, 0.1) is 23.7 Å². The molecule has 0 amide bonds. The number of rotatable bonds is 10. The largest absolute Gasteiger partial charge is 0.425 e. The van der Waals surface area contributed by atoms with Crippen LogP contribution in [0.5, 0.6) is 0 Å². The van der Waals surface area contributed by atoms with Crippen LogP contribution in [0.15, 0.2) is 12.2 Å². The maximum atomic E-state index is 12.2. The highest BCUT2D eigenvalue weighted by atomic mass is 16.8. The maximum Gasteiger partial charge on any atom is 0.338 e. The molecule has 0 spiro atoms. The van der Waals surface area contributed by atoms with Crippen LogP contribution >= 0.6 is 0 Å². The molecule has 29 heavy (non-hydrogen) atoms. The Morgan fingerprint density at radius 1 is 0.931 bits per heavy atom. The van der Waals surface area contributed by atoms with E-state index in [-0.39, 0.29) is 0 Å². The van der Waals surface area contributed by atoms with Crippen LogP contribution in [0.4, 0.5) is 0 Å². The fourth-order valence-corrected chi connectivity index (χ4v) is 2.92. The van der Waals surface area contributed by atoms with Crippen molar-refractivity contribution in [2.75, 3.05) is 14.2 Å². The molecular formula is C24H36O5. The average molecular weight is 405 g/mol. The third-order valence-electron chi connectivity index (χ3n) is 5.16. The number of methoxy groups -OCH3 is 2. The highest BCUT2D eigenvalue weighted by Gasteiger charge is 2.57. The van der Waals surface area contributed by atoms with Crippen molar-refractivity contribution in [2.45, 2.75) is 96.2 Å². The monoisotopic (exact) mass is 404 g/mol. The molecule has 1 fully saturated rings. The van der Waals surface area contributed by atoms with E-state index in [1.807, 2.05) is 12.2 Å². The topological polar surface area (TPSA) is 54.0 Å². The number of ether oxygens (including phenoxy) is 4. The fourth-order valence-electron chi connectivity index (χ4n) is 2.92. The minimum absolute atomic E-state index is 0.403. The molecule has 0 aromatic carbocycles. The van der Waals surface area contributed by atoms with E-state index in [2.05, 4.69) is 30.6 Å². The molecular weight excluding hydrogens is 368 g/mol. The first-order chi connectivity index (χ1) is 13.9. The highest BCUT2D eigenvalue weighted by molar-refractivity contribution is 5.75. The van der Waals surface area contributed by atoms with Crippen molar-refractivity contribution in [3.05, 3.63) is 12.2 Å². The van der Waals surface area contributed by atoms with Crippen LogP contribution in [-0.4, -0.2) is 37.9 Å². The Morgan fingerprint density at radius 3 is 2.10 bits per heavy atom. The molecule has 1 aliphatic rings. The van der Waals surface area contributed by atoms with Crippen LogP contribution in [0.3, 0.4) is 0 Å². The first-order valence-electron chi connectivity index (χ1n) is 10.5. The van der Waals surface area contributed by atoms with E-state index < -0.39 is 23.6 Å². The smallest absolute Gasteiger partial charge is 0.338 e. The lowest BCUT2D eigenvalue weighted by molar-refractivity contribution is -0.406. The molecule has 0 N–H and O–H groups in total. The normalized spacial score (nSPS) is 26.4. The van der Waals surface area contributed by atoms with Gasteiger partial charge in [0.15, 0.2) is 6.10 Å². The van der Waals surface area contributed by atoms with E-state index in [0.29, 0.717) is 6.42 Å². The Kier molecular flexibility index (Phi) is 11.7. The van der Waals surface area contributed by atoms with Gasteiger partial charge in [-0.1, -0.05) is 56.3 Å². The minimum Gasteiger partial charge on any atom is -0.425 e. The Bertz CT molecular complexity index is 648. The SMILES string of the molecule is CCCCC#CC=CC#CCCCCCCC1OC(C)(OC)C(C)(OC)OC1=O. The van der Waals surface area contributed by atoms with Gasteiger partial charge < -0.3 is 18.9 Å². The number of hydrogen-bond donors (Lipinski definition) is 0. The quantitative estimate of drug-likeness (QED) is 0.299. The zero-order valence-corrected chi connectivity index (χ0v) is 18.6.